The maximum Gasteiger partial charge on any atom is 0.282 e. The standard InChI is InChI=1S/C20H24ClN3O2S/c1-14(20(26)22-17-5-3-16(4-6-17)15(2)25)24-11-9-23(10-12-24)13-18-7-8-19(21)27-18/h3-8,14H,9-13H2,1-2H3,(H,22,26)/p+2/t14-/m0/s1. The number of rotatable bonds is 6. The Balaban J connectivity index is 1.48. The van der Waals surface area contributed by atoms with Gasteiger partial charge in [-0.2, -0.15) is 0 Å². The number of anilines is 1. The summed E-state index contributed by atoms with van der Waals surface area (Å²) in [6.07, 6.45) is 0. The second-order valence-corrected chi connectivity index (χ2v) is 8.93. The first kappa shape index (κ1) is 20.0. The zero-order chi connectivity index (χ0) is 19.4. The van der Waals surface area contributed by atoms with Crippen LogP contribution in [0.2, 0.25) is 4.34 Å². The number of piperazine rings is 1. The van der Waals surface area contributed by atoms with E-state index in [4.69, 9.17) is 11.6 Å². The number of benzene rings is 1. The van der Waals surface area contributed by atoms with Crippen molar-refractivity contribution in [1.82, 2.24) is 0 Å². The first-order chi connectivity index (χ1) is 12.9. The zero-order valence-electron chi connectivity index (χ0n) is 15.7. The van der Waals surface area contributed by atoms with E-state index in [2.05, 4.69) is 11.4 Å². The van der Waals surface area contributed by atoms with Crippen LogP contribution in [0.5, 0.6) is 0 Å². The quantitative estimate of drug-likeness (QED) is 0.623. The minimum atomic E-state index is -0.102. The molecule has 1 atom stereocenters. The van der Waals surface area contributed by atoms with Crippen LogP contribution >= 0.6 is 22.9 Å². The van der Waals surface area contributed by atoms with Crippen molar-refractivity contribution in [3.63, 3.8) is 0 Å². The molecule has 2 aromatic rings. The van der Waals surface area contributed by atoms with Crippen molar-refractivity contribution in [2.45, 2.75) is 26.4 Å². The maximum atomic E-state index is 12.6. The molecule has 1 amide bonds. The van der Waals surface area contributed by atoms with Gasteiger partial charge in [-0.1, -0.05) is 11.6 Å². The maximum absolute atomic E-state index is 12.6. The van der Waals surface area contributed by atoms with E-state index in [0.717, 1.165) is 42.7 Å². The lowest BCUT2D eigenvalue weighted by Gasteiger charge is -2.32. The molecule has 1 saturated heterocycles. The summed E-state index contributed by atoms with van der Waals surface area (Å²) in [6, 6.07) is 11.0. The van der Waals surface area contributed by atoms with Gasteiger partial charge in [-0.15, -0.1) is 11.3 Å². The Hall–Kier alpha value is -1.73. The van der Waals surface area contributed by atoms with Crippen molar-refractivity contribution >= 4 is 40.3 Å². The summed E-state index contributed by atoms with van der Waals surface area (Å²) in [6.45, 7) is 8.59. The Morgan fingerprint density at radius 1 is 1.11 bits per heavy atom. The van der Waals surface area contributed by atoms with E-state index >= 15 is 0 Å². The molecule has 0 unspecified atom stereocenters. The molecule has 0 spiro atoms. The summed E-state index contributed by atoms with van der Waals surface area (Å²) >= 11 is 7.66. The molecule has 0 aliphatic carbocycles. The Morgan fingerprint density at radius 2 is 1.78 bits per heavy atom. The predicted molar refractivity (Wildman–Crippen MR) is 109 cm³/mol. The van der Waals surface area contributed by atoms with E-state index in [1.807, 2.05) is 13.0 Å². The van der Waals surface area contributed by atoms with Crippen molar-refractivity contribution in [2.75, 3.05) is 31.5 Å². The van der Waals surface area contributed by atoms with Gasteiger partial charge in [0.2, 0.25) is 0 Å². The van der Waals surface area contributed by atoms with Crippen LogP contribution in [0.3, 0.4) is 0 Å². The monoisotopic (exact) mass is 407 g/mol. The van der Waals surface area contributed by atoms with Crippen LogP contribution < -0.4 is 15.1 Å². The Morgan fingerprint density at radius 3 is 2.33 bits per heavy atom. The molecule has 1 aliphatic heterocycles. The van der Waals surface area contributed by atoms with Gasteiger partial charge in [-0.3, -0.25) is 9.59 Å². The van der Waals surface area contributed by atoms with Crippen LogP contribution in [0.15, 0.2) is 36.4 Å². The molecule has 3 N–H and O–H groups in total. The normalized spacial score (nSPS) is 20.9. The Kier molecular flexibility index (Phi) is 6.65. The van der Waals surface area contributed by atoms with Gasteiger partial charge < -0.3 is 15.1 Å². The third-order valence-corrected chi connectivity index (χ3v) is 6.45. The van der Waals surface area contributed by atoms with Crippen LogP contribution in [0.25, 0.3) is 0 Å². The minimum Gasteiger partial charge on any atom is -0.321 e. The summed E-state index contributed by atoms with van der Waals surface area (Å²) in [5, 5.41) is 2.97. The fourth-order valence-corrected chi connectivity index (χ4v) is 4.61. The number of amides is 1. The highest BCUT2D eigenvalue weighted by Gasteiger charge is 2.31. The lowest BCUT2D eigenvalue weighted by molar-refractivity contribution is -1.02. The van der Waals surface area contributed by atoms with E-state index < -0.39 is 0 Å². The van der Waals surface area contributed by atoms with Gasteiger partial charge in [0.05, 0.1) is 9.21 Å². The molecule has 27 heavy (non-hydrogen) atoms. The van der Waals surface area contributed by atoms with Crippen molar-refractivity contribution in [3.05, 3.63) is 51.2 Å². The first-order valence-electron chi connectivity index (χ1n) is 9.26. The van der Waals surface area contributed by atoms with Gasteiger partial charge >= 0.3 is 0 Å². The van der Waals surface area contributed by atoms with Crippen LogP contribution in [0.1, 0.15) is 29.1 Å². The molecule has 1 aliphatic rings. The Bertz CT molecular complexity index is 798. The largest absolute Gasteiger partial charge is 0.321 e. The van der Waals surface area contributed by atoms with E-state index in [1.54, 1.807) is 40.5 Å². The van der Waals surface area contributed by atoms with Gasteiger partial charge in [0.15, 0.2) is 11.8 Å². The number of carbonyl (C=O) groups is 2. The number of thiophene rings is 1. The molecule has 1 fully saturated rings. The van der Waals surface area contributed by atoms with Crippen molar-refractivity contribution in [1.29, 1.82) is 0 Å². The molecule has 7 heteroatoms. The number of hydrogen-bond acceptors (Lipinski definition) is 3. The zero-order valence-corrected chi connectivity index (χ0v) is 17.3. The van der Waals surface area contributed by atoms with Gasteiger partial charge in [-0.05, 0) is 50.2 Å². The summed E-state index contributed by atoms with van der Waals surface area (Å²) in [7, 11) is 0. The molecule has 1 aromatic carbocycles. The van der Waals surface area contributed by atoms with Gasteiger partial charge in [-0.25, -0.2) is 0 Å². The van der Waals surface area contributed by atoms with E-state index in [1.165, 1.54) is 16.7 Å². The van der Waals surface area contributed by atoms with Crippen LogP contribution in [-0.4, -0.2) is 43.9 Å². The van der Waals surface area contributed by atoms with Crippen LogP contribution in [-0.2, 0) is 11.3 Å². The predicted octanol–water partition coefficient (Wildman–Crippen LogP) is 0.915. The van der Waals surface area contributed by atoms with Gasteiger partial charge in [0.1, 0.15) is 32.7 Å². The smallest absolute Gasteiger partial charge is 0.282 e. The lowest BCUT2D eigenvalue weighted by Crippen LogP contribution is -3.29. The molecule has 0 bridgehead atoms. The lowest BCUT2D eigenvalue weighted by atomic mass is 10.1. The molecule has 5 nitrogen and oxygen atoms in total. The first-order valence-corrected chi connectivity index (χ1v) is 10.5. The molecule has 144 valence electrons. The molecular formula is C20H26ClN3O2S+2. The summed E-state index contributed by atoms with van der Waals surface area (Å²) < 4.78 is 0.843. The van der Waals surface area contributed by atoms with E-state index in [9.17, 15) is 9.59 Å². The Labute approximate surface area is 168 Å². The number of quaternary nitrogens is 2. The van der Waals surface area contributed by atoms with E-state index in [-0.39, 0.29) is 17.7 Å². The SMILES string of the molecule is CC(=O)c1ccc(NC(=O)[C@H](C)[NH+]2CC[NH+](Cc3ccc(Cl)s3)CC2)cc1. The third-order valence-electron chi connectivity index (χ3n) is 5.22. The second kappa shape index (κ2) is 8.97. The van der Waals surface area contributed by atoms with Crippen LogP contribution in [0, 0.1) is 0 Å². The number of hydrogen-bond donors (Lipinski definition) is 3. The topological polar surface area (TPSA) is 55.0 Å². The fourth-order valence-electron chi connectivity index (χ4n) is 3.45. The molecular weight excluding hydrogens is 382 g/mol. The number of halogens is 1. The number of carbonyl (C=O) groups excluding carboxylic acids is 2. The molecule has 2 heterocycles. The van der Waals surface area contributed by atoms with Crippen molar-refractivity contribution in [2.24, 2.45) is 0 Å². The highest BCUT2D eigenvalue weighted by atomic mass is 35.5. The van der Waals surface area contributed by atoms with Crippen LogP contribution in [0.4, 0.5) is 5.69 Å². The number of Topliss-reactive ketones (excluding diaryl/α,β-unsaturated/α-hetero) is 1. The summed E-state index contributed by atoms with van der Waals surface area (Å²) in [5.74, 6) is 0.0462. The van der Waals surface area contributed by atoms with Gasteiger partial charge in [0.25, 0.3) is 5.91 Å². The van der Waals surface area contributed by atoms with Gasteiger partial charge in [0, 0.05) is 11.3 Å². The van der Waals surface area contributed by atoms with Crippen molar-refractivity contribution in [3.8, 4) is 0 Å². The molecule has 0 radical (unpaired) electrons. The fraction of sp³-hybridized carbons (Fsp3) is 0.400. The molecule has 1 aromatic heterocycles. The summed E-state index contributed by atoms with van der Waals surface area (Å²) in [4.78, 5) is 28.1. The number of ketones is 1. The molecule has 3 rings (SSSR count). The van der Waals surface area contributed by atoms with E-state index in [0.29, 0.717) is 5.56 Å². The van der Waals surface area contributed by atoms with Crippen molar-refractivity contribution < 1.29 is 19.4 Å². The summed E-state index contributed by atoms with van der Waals surface area (Å²) in [5.41, 5.74) is 1.38. The third kappa shape index (κ3) is 5.39. The average Bonchev–Trinajstić information content (AvgIpc) is 3.07. The second-order valence-electron chi connectivity index (χ2n) is 7.14. The highest BCUT2D eigenvalue weighted by molar-refractivity contribution is 7.16. The number of nitrogens with one attached hydrogen (secondary N) is 3. The minimum absolute atomic E-state index is 0.0223. The molecule has 0 saturated carbocycles. The average molecular weight is 408 g/mol. The highest BCUT2D eigenvalue weighted by Crippen LogP contribution is 2.20.